The van der Waals surface area contributed by atoms with Gasteiger partial charge in [-0.3, -0.25) is 10.2 Å². The zero-order chi connectivity index (χ0) is 19.9. The summed E-state index contributed by atoms with van der Waals surface area (Å²) in [6, 6.07) is 16.7. The average Bonchev–Trinajstić information content (AvgIpc) is 2.72. The summed E-state index contributed by atoms with van der Waals surface area (Å²) >= 11 is 0. The summed E-state index contributed by atoms with van der Waals surface area (Å²) in [5, 5.41) is 0. The number of nitrogens with one attached hydrogen (secondary N) is 2. The van der Waals surface area contributed by atoms with Gasteiger partial charge in [0.15, 0.2) is 6.61 Å². The van der Waals surface area contributed by atoms with Crippen LogP contribution in [0.3, 0.4) is 0 Å². The Kier molecular flexibility index (Phi) is 6.75. The number of carbonyl (C=O) groups is 1. The topological polar surface area (TPSA) is 50.4 Å². The molecular weight excluding hydrogens is 348 g/mol. The summed E-state index contributed by atoms with van der Waals surface area (Å²) in [5.74, 6) is 1.50. The molecule has 1 aliphatic rings. The van der Waals surface area contributed by atoms with Crippen molar-refractivity contribution in [1.82, 2.24) is 10.9 Å². The van der Waals surface area contributed by atoms with Crippen molar-refractivity contribution in [1.29, 1.82) is 0 Å². The van der Waals surface area contributed by atoms with Crippen molar-refractivity contribution in [3.8, 4) is 5.75 Å². The first kappa shape index (κ1) is 20.0. The number of benzene rings is 2. The van der Waals surface area contributed by atoms with E-state index in [1.54, 1.807) is 0 Å². The summed E-state index contributed by atoms with van der Waals surface area (Å²) in [6.07, 6.45) is 5.17. The van der Waals surface area contributed by atoms with E-state index in [2.05, 4.69) is 68.0 Å². The van der Waals surface area contributed by atoms with E-state index in [0.717, 1.165) is 36.3 Å². The number of allylic oxidation sites excluding steroid dienone is 2. The Morgan fingerprint density at radius 1 is 1.18 bits per heavy atom. The summed E-state index contributed by atoms with van der Waals surface area (Å²) < 4.78 is 5.76. The predicted octanol–water partition coefficient (Wildman–Crippen LogP) is 4.97. The minimum atomic E-state index is -0.179. The third kappa shape index (κ3) is 5.38. The molecule has 2 aromatic rings. The molecule has 3 rings (SSSR count). The molecule has 2 N–H and O–H groups in total. The van der Waals surface area contributed by atoms with Crippen molar-refractivity contribution in [2.45, 2.75) is 51.9 Å². The van der Waals surface area contributed by atoms with Crippen LogP contribution in [0.1, 0.15) is 61.6 Å². The second-order valence-electron chi connectivity index (χ2n) is 7.77. The molecule has 0 radical (unpaired) electrons. The maximum Gasteiger partial charge on any atom is 0.276 e. The molecule has 0 heterocycles. The normalized spacial score (nSPS) is 16.4. The van der Waals surface area contributed by atoms with Crippen LogP contribution in [-0.2, 0) is 4.79 Å². The van der Waals surface area contributed by atoms with Gasteiger partial charge in [0.25, 0.3) is 5.91 Å². The highest BCUT2D eigenvalue weighted by molar-refractivity contribution is 5.77. The van der Waals surface area contributed by atoms with Gasteiger partial charge in [0.1, 0.15) is 5.75 Å². The lowest BCUT2D eigenvalue weighted by molar-refractivity contribution is -0.123. The summed E-state index contributed by atoms with van der Waals surface area (Å²) in [4.78, 5) is 12.2. The van der Waals surface area contributed by atoms with E-state index < -0.39 is 0 Å². The van der Waals surface area contributed by atoms with Gasteiger partial charge in [-0.25, -0.2) is 0 Å². The number of carbonyl (C=O) groups excluding carboxylic acids is 1. The van der Waals surface area contributed by atoms with Crippen molar-refractivity contribution < 1.29 is 9.53 Å². The zero-order valence-corrected chi connectivity index (χ0v) is 17.0. The minimum absolute atomic E-state index is 0.00426. The average molecular weight is 379 g/mol. The lowest BCUT2D eigenvalue weighted by atomic mass is 9.87. The molecule has 0 spiro atoms. The molecule has 0 aromatic heterocycles. The van der Waals surface area contributed by atoms with Gasteiger partial charge in [-0.05, 0) is 55.2 Å². The SMILES string of the molecule is Cc1ccc(OCC(=O)NNC2=CC[C@@H](c3ccccc3)CC2)c(C(C)C)c1. The highest BCUT2D eigenvalue weighted by atomic mass is 16.5. The van der Waals surface area contributed by atoms with Gasteiger partial charge in [0.2, 0.25) is 0 Å². The van der Waals surface area contributed by atoms with Crippen LogP contribution in [0, 0.1) is 6.92 Å². The number of hydrogen-bond donors (Lipinski definition) is 2. The number of aryl methyl sites for hydroxylation is 1. The Hall–Kier alpha value is -2.75. The van der Waals surface area contributed by atoms with Crippen LogP contribution in [0.2, 0.25) is 0 Å². The van der Waals surface area contributed by atoms with E-state index in [0.29, 0.717) is 11.8 Å². The maximum atomic E-state index is 12.2. The van der Waals surface area contributed by atoms with E-state index in [1.807, 2.05) is 18.2 Å². The lowest BCUT2D eigenvalue weighted by Crippen LogP contribution is -2.40. The second kappa shape index (κ2) is 9.45. The van der Waals surface area contributed by atoms with Crippen LogP contribution in [0.15, 0.2) is 60.3 Å². The molecular formula is C24H30N2O2. The van der Waals surface area contributed by atoms with Gasteiger partial charge < -0.3 is 10.2 Å². The van der Waals surface area contributed by atoms with Gasteiger partial charge in [-0.1, -0.05) is 68.0 Å². The van der Waals surface area contributed by atoms with Crippen LogP contribution >= 0.6 is 0 Å². The molecule has 0 saturated heterocycles. The Morgan fingerprint density at radius 3 is 2.64 bits per heavy atom. The summed E-state index contributed by atoms with van der Waals surface area (Å²) in [6.45, 7) is 6.31. The number of hydrazine groups is 1. The molecule has 0 saturated carbocycles. The van der Waals surface area contributed by atoms with Crippen LogP contribution in [0.4, 0.5) is 0 Å². The molecule has 4 nitrogen and oxygen atoms in total. The molecule has 1 aliphatic carbocycles. The van der Waals surface area contributed by atoms with Gasteiger partial charge in [-0.15, -0.1) is 0 Å². The quantitative estimate of drug-likeness (QED) is 0.669. The molecule has 1 atom stereocenters. The Labute approximate surface area is 168 Å². The predicted molar refractivity (Wildman–Crippen MR) is 113 cm³/mol. The van der Waals surface area contributed by atoms with Crippen molar-refractivity contribution in [2.24, 2.45) is 0 Å². The van der Waals surface area contributed by atoms with Gasteiger partial charge in [-0.2, -0.15) is 0 Å². The third-order valence-corrected chi connectivity index (χ3v) is 5.19. The monoisotopic (exact) mass is 378 g/mol. The smallest absolute Gasteiger partial charge is 0.276 e. The zero-order valence-electron chi connectivity index (χ0n) is 17.0. The number of amides is 1. The first-order valence-corrected chi connectivity index (χ1v) is 10.0. The Balaban J connectivity index is 1.46. The van der Waals surface area contributed by atoms with E-state index in [9.17, 15) is 4.79 Å². The fourth-order valence-corrected chi connectivity index (χ4v) is 3.56. The van der Waals surface area contributed by atoms with Crippen molar-refractivity contribution in [3.63, 3.8) is 0 Å². The van der Waals surface area contributed by atoms with Crippen molar-refractivity contribution in [3.05, 3.63) is 77.0 Å². The minimum Gasteiger partial charge on any atom is -0.483 e. The fraction of sp³-hybridized carbons (Fsp3) is 0.375. The number of ether oxygens (including phenoxy) is 1. The van der Waals surface area contributed by atoms with E-state index in [-0.39, 0.29) is 12.5 Å². The van der Waals surface area contributed by atoms with Crippen LogP contribution in [0.5, 0.6) is 5.75 Å². The second-order valence-corrected chi connectivity index (χ2v) is 7.77. The maximum absolute atomic E-state index is 12.2. The fourth-order valence-electron chi connectivity index (χ4n) is 3.56. The highest BCUT2D eigenvalue weighted by Crippen LogP contribution is 2.31. The van der Waals surface area contributed by atoms with E-state index in [4.69, 9.17) is 4.74 Å². The highest BCUT2D eigenvalue weighted by Gasteiger charge is 2.16. The Morgan fingerprint density at radius 2 is 1.96 bits per heavy atom. The molecule has 1 amide bonds. The molecule has 28 heavy (non-hydrogen) atoms. The molecule has 2 aromatic carbocycles. The molecule has 0 unspecified atom stereocenters. The van der Waals surface area contributed by atoms with E-state index in [1.165, 1.54) is 11.1 Å². The van der Waals surface area contributed by atoms with Gasteiger partial charge >= 0.3 is 0 Å². The largest absolute Gasteiger partial charge is 0.483 e. The first-order valence-electron chi connectivity index (χ1n) is 10.0. The van der Waals surface area contributed by atoms with E-state index >= 15 is 0 Å². The molecule has 0 fully saturated rings. The van der Waals surface area contributed by atoms with Crippen molar-refractivity contribution >= 4 is 5.91 Å². The lowest BCUT2D eigenvalue weighted by Gasteiger charge is -2.23. The third-order valence-electron chi connectivity index (χ3n) is 5.19. The van der Waals surface area contributed by atoms with Gasteiger partial charge in [0, 0.05) is 5.70 Å². The number of hydrogen-bond acceptors (Lipinski definition) is 3. The molecule has 4 heteroatoms. The van der Waals surface area contributed by atoms with Crippen molar-refractivity contribution in [2.75, 3.05) is 6.61 Å². The molecule has 148 valence electrons. The number of rotatable bonds is 7. The molecule has 0 aliphatic heterocycles. The Bertz CT molecular complexity index is 828. The standard InChI is InChI=1S/C24H30N2O2/c1-17(2)22-15-18(3)9-14-23(22)28-16-24(27)26-25-21-12-10-20(11-13-21)19-7-5-4-6-8-19/h4-9,12,14-15,17,20,25H,10-11,13,16H2,1-3H3,(H,26,27)/t20-/m1/s1. The van der Waals surface area contributed by atoms with Crippen LogP contribution in [0.25, 0.3) is 0 Å². The molecule has 0 bridgehead atoms. The first-order chi connectivity index (χ1) is 13.5. The summed E-state index contributed by atoms with van der Waals surface area (Å²) in [7, 11) is 0. The summed E-state index contributed by atoms with van der Waals surface area (Å²) in [5.41, 5.74) is 10.6. The van der Waals surface area contributed by atoms with Crippen LogP contribution in [-0.4, -0.2) is 12.5 Å². The van der Waals surface area contributed by atoms with Gasteiger partial charge in [0.05, 0.1) is 0 Å². The van der Waals surface area contributed by atoms with Crippen LogP contribution < -0.4 is 15.6 Å².